The Morgan fingerprint density at radius 1 is 1.28 bits per heavy atom. The summed E-state index contributed by atoms with van der Waals surface area (Å²) >= 11 is 0. The van der Waals surface area contributed by atoms with E-state index in [9.17, 15) is 8.78 Å². The Balaban J connectivity index is 2.08. The summed E-state index contributed by atoms with van der Waals surface area (Å²) in [7, 11) is 0. The molecule has 100 valence electrons. The first kappa shape index (κ1) is 13.4. The Bertz CT molecular complexity index is 397. The van der Waals surface area contributed by atoms with Crippen molar-refractivity contribution in [2.75, 3.05) is 19.7 Å². The van der Waals surface area contributed by atoms with Crippen molar-refractivity contribution in [3.8, 4) is 0 Å². The van der Waals surface area contributed by atoms with Crippen LogP contribution in [0.1, 0.15) is 37.3 Å². The van der Waals surface area contributed by atoms with Crippen molar-refractivity contribution >= 4 is 0 Å². The number of nitrogens with zero attached hydrogens (tertiary/aromatic N) is 1. The van der Waals surface area contributed by atoms with E-state index in [0.29, 0.717) is 5.56 Å². The normalized spacial score (nSPS) is 20.5. The van der Waals surface area contributed by atoms with E-state index in [4.69, 9.17) is 5.11 Å². The van der Waals surface area contributed by atoms with Crippen LogP contribution in [0.3, 0.4) is 0 Å². The van der Waals surface area contributed by atoms with Gasteiger partial charge in [0.25, 0.3) is 0 Å². The molecule has 0 spiro atoms. The fraction of sp³-hybridized carbons (Fsp3) is 0.571. The molecule has 1 fully saturated rings. The van der Waals surface area contributed by atoms with Crippen LogP contribution in [0.15, 0.2) is 18.2 Å². The molecular formula is C14H19F2NO. The first-order valence-corrected chi connectivity index (χ1v) is 6.52. The fourth-order valence-corrected chi connectivity index (χ4v) is 2.64. The number of likely N-dealkylation sites (tertiary alicyclic amines) is 1. The van der Waals surface area contributed by atoms with Crippen molar-refractivity contribution in [2.45, 2.75) is 31.7 Å². The molecule has 0 bridgehead atoms. The van der Waals surface area contributed by atoms with E-state index in [1.165, 1.54) is 12.1 Å². The molecule has 0 aliphatic carbocycles. The van der Waals surface area contributed by atoms with Gasteiger partial charge in [0, 0.05) is 18.2 Å². The zero-order valence-corrected chi connectivity index (χ0v) is 10.4. The number of aliphatic hydroxyl groups excluding tert-OH is 1. The molecule has 0 unspecified atom stereocenters. The molecule has 0 amide bonds. The highest BCUT2D eigenvalue weighted by atomic mass is 19.1. The van der Waals surface area contributed by atoms with Gasteiger partial charge in [-0.2, -0.15) is 0 Å². The van der Waals surface area contributed by atoms with Crippen LogP contribution in [-0.4, -0.2) is 29.7 Å². The van der Waals surface area contributed by atoms with Gasteiger partial charge >= 0.3 is 0 Å². The van der Waals surface area contributed by atoms with Gasteiger partial charge in [-0.3, -0.25) is 4.90 Å². The van der Waals surface area contributed by atoms with Gasteiger partial charge in [0.2, 0.25) is 0 Å². The van der Waals surface area contributed by atoms with E-state index in [-0.39, 0.29) is 24.3 Å². The molecule has 1 atom stereocenters. The Labute approximate surface area is 106 Å². The second kappa shape index (κ2) is 6.25. The lowest BCUT2D eigenvalue weighted by Gasteiger charge is -2.25. The number of rotatable bonds is 5. The maximum atomic E-state index is 13.7. The molecule has 1 aliphatic rings. The van der Waals surface area contributed by atoms with Gasteiger partial charge in [-0.15, -0.1) is 0 Å². The summed E-state index contributed by atoms with van der Waals surface area (Å²) in [6.07, 6.45) is 3.54. The van der Waals surface area contributed by atoms with Gasteiger partial charge < -0.3 is 5.11 Å². The van der Waals surface area contributed by atoms with Crippen molar-refractivity contribution in [1.29, 1.82) is 0 Å². The van der Waals surface area contributed by atoms with Crippen molar-refractivity contribution < 1.29 is 13.9 Å². The number of hydrogen-bond acceptors (Lipinski definition) is 2. The van der Waals surface area contributed by atoms with Crippen molar-refractivity contribution in [3.05, 3.63) is 35.4 Å². The Morgan fingerprint density at radius 3 is 2.89 bits per heavy atom. The number of hydrogen-bond donors (Lipinski definition) is 1. The summed E-state index contributed by atoms with van der Waals surface area (Å²) in [5.41, 5.74) is 0.469. The first-order chi connectivity index (χ1) is 8.72. The predicted molar refractivity (Wildman–Crippen MR) is 66.2 cm³/mol. The minimum absolute atomic E-state index is 0.0145. The third kappa shape index (κ3) is 3.06. The lowest BCUT2D eigenvalue weighted by Crippen LogP contribution is -2.25. The van der Waals surface area contributed by atoms with Gasteiger partial charge in [-0.05, 0) is 57.0 Å². The summed E-state index contributed by atoms with van der Waals surface area (Å²) in [6.45, 7) is 1.94. The molecule has 2 nitrogen and oxygen atoms in total. The van der Waals surface area contributed by atoms with Gasteiger partial charge in [0.1, 0.15) is 11.6 Å². The molecule has 1 N–H and O–H groups in total. The van der Waals surface area contributed by atoms with Crippen LogP contribution in [0.25, 0.3) is 0 Å². The van der Waals surface area contributed by atoms with E-state index in [0.717, 1.165) is 44.8 Å². The van der Waals surface area contributed by atoms with E-state index < -0.39 is 0 Å². The van der Waals surface area contributed by atoms with Crippen LogP contribution in [0.5, 0.6) is 0 Å². The average Bonchev–Trinajstić information content (AvgIpc) is 2.81. The zero-order chi connectivity index (χ0) is 13.0. The smallest absolute Gasteiger partial charge is 0.128 e. The third-order valence-electron chi connectivity index (χ3n) is 3.53. The Hall–Kier alpha value is -1.00. The van der Waals surface area contributed by atoms with Crippen molar-refractivity contribution in [3.63, 3.8) is 0 Å². The van der Waals surface area contributed by atoms with Crippen LogP contribution in [-0.2, 0) is 0 Å². The van der Waals surface area contributed by atoms with E-state index in [1.807, 2.05) is 0 Å². The fourth-order valence-electron chi connectivity index (χ4n) is 2.64. The summed E-state index contributed by atoms with van der Waals surface area (Å²) in [4.78, 5) is 2.19. The van der Waals surface area contributed by atoms with E-state index >= 15 is 0 Å². The second-order valence-electron chi connectivity index (χ2n) is 4.79. The minimum Gasteiger partial charge on any atom is -0.396 e. The monoisotopic (exact) mass is 255 g/mol. The molecule has 1 aromatic carbocycles. The topological polar surface area (TPSA) is 23.5 Å². The summed E-state index contributed by atoms with van der Waals surface area (Å²) in [5, 5.41) is 8.78. The number of unbranched alkanes of at least 4 members (excludes halogenated alkanes) is 1. The van der Waals surface area contributed by atoms with Gasteiger partial charge in [-0.25, -0.2) is 8.78 Å². The van der Waals surface area contributed by atoms with Gasteiger partial charge in [-0.1, -0.05) is 0 Å². The lowest BCUT2D eigenvalue weighted by atomic mass is 10.0. The summed E-state index contributed by atoms with van der Waals surface area (Å²) in [6, 6.07) is 3.66. The van der Waals surface area contributed by atoms with Crippen LogP contribution in [0.2, 0.25) is 0 Å². The maximum absolute atomic E-state index is 13.7. The zero-order valence-electron chi connectivity index (χ0n) is 10.4. The van der Waals surface area contributed by atoms with E-state index in [1.54, 1.807) is 0 Å². The Morgan fingerprint density at radius 2 is 2.11 bits per heavy atom. The first-order valence-electron chi connectivity index (χ1n) is 6.52. The molecule has 0 radical (unpaired) electrons. The molecule has 18 heavy (non-hydrogen) atoms. The highest BCUT2D eigenvalue weighted by Crippen LogP contribution is 2.33. The molecule has 2 rings (SSSR count). The van der Waals surface area contributed by atoms with Gasteiger partial charge in [0.15, 0.2) is 0 Å². The van der Waals surface area contributed by atoms with Crippen LogP contribution in [0.4, 0.5) is 8.78 Å². The largest absolute Gasteiger partial charge is 0.396 e. The van der Waals surface area contributed by atoms with Crippen molar-refractivity contribution in [2.24, 2.45) is 0 Å². The number of aliphatic hydroxyl groups is 1. The molecular weight excluding hydrogens is 236 g/mol. The molecule has 1 aromatic rings. The highest BCUT2D eigenvalue weighted by molar-refractivity contribution is 5.23. The van der Waals surface area contributed by atoms with Crippen LogP contribution in [0, 0.1) is 11.6 Å². The second-order valence-corrected chi connectivity index (χ2v) is 4.79. The van der Waals surface area contributed by atoms with Crippen molar-refractivity contribution in [1.82, 2.24) is 4.90 Å². The quantitative estimate of drug-likeness (QED) is 0.818. The number of benzene rings is 1. The maximum Gasteiger partial charge on any atom is 0.128 e. The molecule has 0 aromatic heterocycles. The third-order valence-corrected chi connectivity index (χ3v) is 3.53. The number of halogens is 2. The summed E-state index contributed by atoms with van der Waals surface area (Å²) < 4.78 is 27.0. The Kier molecular flexibility index (Phi) is 4.66. The highest BCUT2D eigenvalue weighted by Gasteiger charge is 2.27. The standard InChI is InChI=1S/C14H19F2NO/c15-11-5-6-13(16)12(10-11)14-4-3-8-17(14)7-1-2-9-18/h5-6,10,14,18H,1-4,7-9H2/t14-/m1/s1. The lowest BCUT2D eigenvalue weighted by molar-refractivity contribution is 0.227. The van der Waals surface area contributed by atoms with E-state index in [2.05, 4.69) is 4.90 Å². The average molecular weight is 255 g/mol. The van der Waals surface area contributed by atoms with Crippen LogP contribution >= 0.6 is 0 Å². The SMILES string of the molecule is OCCCCN1CCC[C@@H]1c1cc(F)ccc1F. The predicted octanol–water partition coefficient (Wildman–Crippen LogP) is 2.87. The van der Waals surface area contributed by atoms with Crippen LogP contribution < -0.4 is 0 Å². The van der Waals surface area contributed by atoms with Gasteiger partial charge in [0.05, 0.1) is 0 Å². The molecule has 0 saturated carbocycles. The molecule has 1 aliphatic heterocycles. The molecule has 1 heterocycles. The molecule has 1 saturated heterocycles. The summed E-state index contributed by atoms with van der Waals surface area (Å²) in [5.74, 6) is -0.705. The molecule has 4 heteroatoms. The minimum atomic E-state index is -0.381.